The Hall–Kier alpha value is -0.450. The van der Waals surface area contributed by atoms with Crippen molar-refractivity contribution in [3.63, 3.8) is 0 Å². The van der Waals surface area contributed by atoms with E-state index in [-0.39, 0.29) is 11.1 Å². The van der Waals surface area contributed by atoms with Crippen molar-refractivity contribution in [3.8, 4) is 0 Å². The van der Waals surface area contributed by atoms with Gasteiger partial charge in [0.05, 0.1) is 16.8 Å². The standard InChI is InChI=1S/C12H20N2OS/c1-8-9(2)16-10(14-8)12(13)5-6-15-11(3,4)7-12/h5-7,13H2,1-4H3. The lowest BCUT2D eigenvalue weighted by Gasteiger charge is -2.41. The summed E-state index contributed by atoms with van der Waals surface area (Å²) in [5, 5.41) is 1.07. The van der Waals surface area contributed by atoms with E-state index in [1.165, 1.54) is 4.88 Å². The Morgan fingerprint density at radius 2 is 2.06 bits per heavy atom. The van der Waals surface area contributed by atoms with E-state index in [0.717, 1.165) is 30.2 Å². The number of aryl methyl sites for hydroxylation is 2. The largest absolute Gasteiger partial charge is 0.375 e. The van der Waals surface area contributed by atoms with Gasteiger partial charge < -0.3 is 10.5 Å². The van der Waals surface area contributed by atoms with E-state index in [2.05, 4.69) is 25.8 Å². The summed E-state index contributed by atoms with van der Waals surface area (Å²) in [6.07, 6.45) is 1.70. The van der Waals surface area contributed by atoms with Crippen molar-refractivity contribution in [1.82, 2.24) is 4.98 Å². The van der Waals surface area contributed by atoms with Crippen molar-refractivity contribution in [2.45, 2.75) is 51.7 Å². The van der Waals surface area contributed by atoms with Crippen LogP contribution in [0, 0.1) is 13.8 Å². The summed E-state index contributed by atoms with van der Waals surface area (Å²) in [4.78, 5) is 5.88. The lowest BCUT2D eigenvalue weighted by atomic mass is 9.82. The second-order valence-corrected chi connectivity index (χ2v) is 6.55. The molecule has 0 saturated carbocycles. The smallest absolute Gasteiger partial charge is 0.113 e. The van der Waals surface area contributed by atoms with Crippen molar-refractivity contribution in [2.24, 2.45) is 5.73 Å². The Balaban J connectivity index is 2.31. The minimum absolute atomic E-state index is 0.138. The molecule has 3 nitrogen and oxygen atoms in total. The van der Waals surface area contributed by atoms with Gasteiger partial charge in [0.15, 0.2) is 0 Å². The summed E-state index contributed by atoms with van der Waals surface area (Å²) < 4.78 is 5.72. The second kappa shape index (κ2) is 3.79. The lowest BCUT2D eigenvalue weighted by Crippen LogP contribution is -2.49. The number of nitrogens with zero attached hydrogens (tertiary/aromatic N) is 1. The molecule has 2 rings (SSSR count). The van der Waals surface area contributed by atoms with Crippen LogP contribution >= 0.6 is 11.3 Å². The SMILES string of the molecule is Cc1nc(C2(N)CCOC(C)(C)C2)sc1C. The number of rotatable bonds is 1. The molecule has 1 fully saturated rings. The first kappa shape index (κ1) is 12.0. The molecular formula is C12H20N2OS. The van der Waals surface area contributed by atoms with E-state index in [4.69, 9.17) is 10.5 Å². The number of nitrogens with two attached hydrogens (primary N) is 1. The monoisotopic (exact) mass is 240 g/mol. The van der Waals surface area contributed by atoms with Crippen LogP contribution < -0.4 is 5.73 Å². The van der Waals surface area contributed by atoms with Crippen LogP contribution in [-0.4, -0.2) is 17.2 Å². The number of hydrogen-bond donors (Lipinski definition) is 1. The highest BCUT2D eigenvalue weighted by molar-refractivity contribution is 7.11. The Bertz CT molecular complexity index is 380. The zero-order valence-electron chi connectivity index (χ0n) is 10.5. The Morgan fingerprint density at radius 1 is 1.38 bits per heavy atom. The first-order valence-electron chi connectivity index (χ1n) is 5.70. The van der Waals surface area contributed by atoms with Crippen LogP contribution in [0.25, 0.3) is 0 Å². The van der Waals surface area contributed by atoms with Crippen molar-refractivity contribution in [2.75, 3.05) is 6.61 Å². The molecule has 0 aromatic carbocycles. The van der Waals surface area contributed by atoms with Crippen LogP contribution in [0.5, 0.6) is 0 Å². The predicted molar refractivity (Wildman–Crippen MR) is 66.7 cm³/mol. The normalized spacial score (nSPS) is 29.3. The lowest BCUT2D eigenvalue weighted by molar-refractivity contribution is -0.0813. The fourth-order valence-electron chi connectivity index (χ4n) is 2.28. The van der Waals surface area contributed by atoms with Gasteiger partial charge in [0.2, 0.25) is 0 Å². The summed E-state index contributed by atoms with van der Waals surface area (Å²) >= 11 is 1.73. The molecule has 1 aromatic heterocycles. The first-order chi connectivity index (χ1) is 7.32. The van der Waals surface area contributed by atoms with Gasteiger partial charge in [0, 0.05) is 17.9 Å². The van der Waals surface area contributed by atoms with Gasteiger partial charge in [-0.15, -0.1) is 11.3 Å². The number of hydrogen-bond acceptors (Lipinski definition) is 4. The molecule has 1 saturated heterocycles. The summed E-state index contributed by atoms with van der Waals surface area (Å²) in [6, 6.07) is 0. The molecule has 4 heteroatoms. The topological polar surface area (TPSA) is 48.1 Å². The van der Waals surface area contributed by atoms with Gasteiger partial charge in [0.1, 0.15) is 5.01 Å². The Morgan fingerprint density at radius 3 is 2.56 bits per heavy atom. The first-order valence-corrected chi connectivity index (χ1v) is 6.51. The highest BCUT2D eigenvalue weighted by Crippen LogP contribution is 2.39. The van der Waals surface area contributed by atoms with E-state index >= 15 is 0 Å². The third kappa shape index (κ3) is 2.14. The van der Waals surface area contributed by atoms with Crippen molar-refractivity contribution < 1.29 is 4.74 Å². The molecule has 0 spiro atoms. The van der Waals surface area contributed by atoms with Gasteiger partial charge in [-0.05, 0) is 34.1 Å². The molecule has 1 unspecified atom stereocenters. The quantitative estimate of drug-likeness (QED) is 0.820. The van der Waals surface area contributed by atoms with Crippen LogP contribution in [0.15, 0.2) is 0 Å². The van der Waals surface area contributed by atoms with E-state index in [0.29, 0.717) is 0 Å². The summed E-state index contributed by atoms with van der Waals surface area (Å²) in [5.41, 5.74) is 7.17. The van der Waals surface area contributed by atoms with E-state index in [1.54, 1.807) is 11.3 Å². The van der Waals surface area contributed by atoms with Crippen molar-refractivity contribution in [1.29, 1.82) is 0 Å². The number of ether oxygens (including phenoxy) is 1. The average molecular weight is 240 g/mol. The summed E-state index contributed by atoms with van der Waals surface area (Å²) in [5.74, 6) is 0. The molecule has 1 atom stereocenters. The third-order valence-corrected chi connectivity index (χ3v) is 4.53. The summed E-state index contributed by atoms with van der Waals surface area (Å²) in [7, 11) is 0. The molecule has 1 aromatic rings. The van der Waals surface area contributed by atoms with Gasteiger partial charge in [-0.25, -0.2) is 4.98 Å². The molecule has 0 amide bonds. The Labute approximate surface area is 101 Å². The molecule has 0 radical (unpaired) electrons. The molecule has 2 heterocycles. The summed E-state index contributed by atoms with van der Waals surface area (Å²) in [6.45, 7) is 9.07. The molecule has 16 heavy (non-hydrogen) atoms. The van der Waals surface area contributed by atoms with Crippen molar-refractivity contribution in [3.05, 3.63) is 15.6 Å². The van der Waals surface area contributed by atoms with E-state index in [1.807, 2.05) is 6.92 Å². The highest BCUT2D eigenvalue weighted by atomic mass is 32.1. The van der Waals surface area contributed by atoms with Crippen LogP contribution in [0.2, 0.25) is 0 Å². The van der Waals surface area contributed by atoms with Crippen LogP contribution in [0.1, 0.15) is 42.3 Å². The third-order valence-electron chi connectivity index (χ3n) is 3.24. The van der Waals surface area contributed by atoms with E-state index in [9.17, 15) is 0 Å². The van der Waals surface area contributed by atoms with Gasteiger partial charge in [-0.3, -0.25) is 0 Å². The van der Waals surface area contributed by atoms with Gasteiger partial charge in [-0.2, -0.15) is 0 Å². The molecule has 0 aliphatic carbocycles. The molecule has 0 bridgehead atoms. The number of thiazole rings is 1. The fraction of sp³-hybridized carbons (Fsp3) is 0.750. The Kier molecular flexibility index (Phi) is 2.85. The minimum atomic E-state index is -0.300. The molecule has 2 N–H and O–H groups in total. The second-order valence-electron chi connectivity index (χ2n) is 5.35. The van der Waals surface area contributed by atoms with Gasteiger partial charge in [-0.1, -0.05) is 0 Å². The molecular weight excluding hydrogens is 220 g/mol. The molecule has 1 aliphatic rings. The number of aromatic nitrogens is 1. The van der Waals surface area contributed by atoms with Crippen molar-refractivity contribution >= 4 is 11.3 Å². The van der Waals surface area contributed by atoms with Crippen LogP contribution in [-0.2, 0) is 10.3 Å². The zero-order valence-corrected chi connectivity index (χ0v) is 11.3. The zero-order chi connectivity index (χ0) is 12.0. The van der Waals surface area contributed by atoms with E-state index < -0.39 is 0 Å². The van der Waals surface area contributed by atoms with Crippen LogP contribution in [0.4, 0.5) is 0 Å². The predicted octanol–water partition coefficient (Wildman–Crippen LogP) is 2.50. The van der Waals surface area contributed by atoms with Gasteiger partial charge in [0.25, 0.3) is 0 Å². The fourth-order valence-corrected chi connectivity index (χ4v) is 3.32. The maximum Gasteiger partial charge on any atom is 0.113 e. The molecule has 90 valence electrons. The highest BCUT2D eigenvalue weighted by Gasteiger charge is 2.41. The van der Waals surface area contributed by atoms with Crippen LogP contribution in [0.3, 0.4) is 0 Å². The maximum atomic E-state index is 6.51. The molecule has 1 aliphatic heterocycles. The maximum absolute atomic E-state index is 6.51. The minimum Gasteiger partial charge on any atom is -0.375 e. The van der Waals surface area contributed by atoms with Gasteiger partial charge >= 0.3 is 0 Å². The average Bonchev–Trinajstić information content (AvgIpc) is 2.45.